The van der Waals surface area contributed by atoms with Crippen LogP contribution in [0.1, 0.15) is 52.4 Å². The van der Waals surface area contributed by atoms with Crippen LogP contribution in [0.4, 0.5) is 0 Å². The second kappa shape index (κ2) is 7.56. The summed E-state index contributed by atoms with van der Waals surface area (Å²) in [5, 5.41) is 0. The van der Waals surface area contributed by atoms with Crippen LogP contribution in [0.2, 0.25) is 0 Å². The molecule has 5 heteroatoms. The van der Waals surface area contributed by atoms with Crippen LogP contribution in [0.25, 0.3) is 0 Å². The second-order valence-electron chi connectivity index (χ2n) is 6.14. The maximum absolute atomic E-state index is 11.9. The zero-order valence-electron chi connectivity index (χ0n) is 13.2. The number of hydrogen-bond donors (Lipinski definition) is 0. The van der Waals surface area contributed by atoms with Crippen molar-refractivity contribution in [1.82, 2.24) is 0 Å². The topological polar surface area (TPSA) is 69.7 Å². The van der Waals surface area contributed by atoms with Crippen molar-refractivity contribution >= 4 is 17.7 Å². The summed E-state index contributed by atoms with van der Waals surface area (Å²) in [5.41, 5.74) is 0. The predicted molar refractivity (Wildman–Crippen MR) is 79.9 cm³/mol. The summed E-state index contributed by atoms with van der Waals surface area (Å²) in [4.78, 5) is 34.5. The van der Waals surface area contributed by atoms with E-state index in [1.807, 2.05) is 6.08 Å². The van der Waals surface area contributed by atoms with Crippen molar-refractivity contribution in [3.05, 3.63) is 12.2 Å². The van der Waals surface area contributed by atoms with Gasteiger partial charge in [0.2, 0.25) is 0 Å². The maximum atomic E-state index is 11.9. The SMILES string of the molecule is CCCCCC(=O)/C=C/[C@H]1[C@H](OC(C)=O)CC2OC(=O)C[C@@H]21. The van der Waals surface area contributed by atoms with Crippen LogP contribution in [0.15, 0.2) is 12.2 Å². The van der Waals surface area contributed by atoms with E-state index < -0.39 is 0 Å². The molecule has 0 amide bonds. The van der Waals surface area contributed by atoms with Gasteiger partial charge in [-0.15, -0.1) is 0 Å². The van der Waals surface area contributed by atoms with Crippen LogP contribution in [-0.2, 0) is 23.9 Å². The molecule has 5 nitrogen and oxygen atoms in total. The molecule has 1 aliphatic heterocycles. The molecule has 4 atom stereocenters. The molecule has 122 valence electrons. The van der Waals surface area contributed by atoms with Crippen molar-refractivity contribution in [2.24, 2.45) is 11.8 Å². The Hall–Kier alpha value is -1.65. The Morgan fingerprint density at radius 2 is 2.14 bits per heavy atom. The summed E-state index contributed by atoms with van der Waals surface area (Å²) < 4.78 is 10.6. The highest BCUT2D eigenvalue weighted by molar-refractivity contribution is 5.89. The number of ketones is 1. The number of allylic oxidation sites excluding steroid dienone is 1. The van der Waals surface area contributed by atoms with Crippen LogP contribution >= 0.6 is 0 Å². The third-order valence-corrected chi connectivity index (χ3v) is 4.40. The van der Waals surface area contributed by atoms with E-state index in [1.54, 1.807) is 6.08 Å². The molecule has 0 aromatic rings. The van der Waals surface area contributed by atoms with E-state index in [1.165, 1.54) is 6.92 Å². The Balaban J connectivity index is 1.98. The molecule has 2 fully saturated rings. The number of hydrogen-bond acceptors (Lipinski definition) is 5. The lowest BCUT2D eigenvalue weighted by molar-refractivity contribution is -0.149. The van der Waals surface area contributed by atoms with Gasteiger partial charge in [-0.25, -0.2) is 0 Å². The number of esters is 2. The van der Waals surface area contributed by atoms with E-state index in [-0.39, 0.29) is 41.8 Å². The van der Waals surface area contributed by atoms with Crippen molar-refractivity contribution in [3.63, 3.8) is 0 Å². The van der Waals surface area contributed by atoms with Gasteiger partial charge in [-0.1, -0.05) is 25.8 Å². The number of unbranched alkanes of at least 4 members (excludes halogenated alkanes) is 2. The van der Waals surface area contributed by atoms with E-state index in [0.29, 0.717) is 19.3 Å². The molecular weight excluding hydrogens is 284 g/mol. The molecule has 0 bridgehead atoms. The van der Waals surface area contributed by atoms with Gasteiger partial charge in [-0.3, -0.25) is 14.4 Å². The molecule has 1 unspecified atom stereocenters. The second-order valence-corrected chi connectivity index (χ2v) is 6.14. The Morgan fingerprint density at radius 3 is 2.82 bits per heavy atom. The van der Waals surface area contributed by atoms with Crippen LogP contribution in [0.5, 0.6) is 0 Å². The summed E-state index contributed by atoms with van der Waals surface area (Å²) in [6.07, 6.45) is 7.32. The fourth-order valence-electron chi connectivity index (χ4n) is 3.35. The first-order valence-electron chi connectivity index (χ1n) is 8.09. The zero-order valence-corrected chi connectivity index (χ0v) is 13.2. The van der Waals surface area contributed by atoms with Gasteiger partial charge in [-0.2, -0.15) is 0 Å². The molecule has 1 saturated heterocycles. The van der Waals surface area contributed by atoms with Gasteiger partial charge < -0.3 is 9.47 Å². The largest absolute Gasteiger partial charge is 0.462 e. The van der Waals surface area contributed by atoms with Gasteiger partial charge in [-0.05, 0) is 12.5 Å². The van der Waals surface area contributed by atoms with Crippen molar-refractivity contribution in [3.8, 4) is 0 Å². The van der Waals surface area contributed by atoms with E-state index in [0.717, 1.165) is 19.3 Å². The summed E-state index contributed by atoms with van der Waals surface area (Å²) in [6, 6.07) is 0. The number of rotatable bonds is 7. The van der Waals surface area contributed by atoms with Crippen LogP contribution < -0.4 is 0 Å². The smallest absolute Gasteiger partial charge is 0.306 e. The molecule has 0 N–H and O–H groups in total. The lowest BCUT2D eigenvalue weighted by Gasteiger charge is -2.19. The lowest BCUT2D eigenvalue weighted by Crippen LogP contribution is -2.23. The average Bonchev–Trinajstić information content (AvgIpc) is 2.92. The standard InChI is InChI=1S/C17H24O5/c1-3-4-5-6-12(19)7-8-13-14-9-17(20)22-16(14)10-15(13)21-11(2)18/h7-8,13-16H,3-6,9-10H2,1-2H3/b8-7+/t13-,14-,15-,16?/m1/s1. The molecule has 1 heterocycles. The minimum atomic E-state index is -0.344. The highest BCUT2D eigenvalue weighted by atomic mass is 16.6. The molecule has 2 aliphatic rings. The summed E-state index contributed by atoms with van der Waals surface area (Å²) >= 11 is 0. The van der Waals surface area contributed by atoms with E-state index in [4.69, 9.17) is 9.47 Å². The highest BCUT2D eigenvalue weighted by Crippen LogP contribution is 2.43. The van der Waals surface area contributed by atoms with Gasteiger partial charge in [0.1, 0.15) is 12.2 Å². The van der Waals surface area contributed by atoms with Gasteiger partial charge in [0, 0.05) is 31.6 Å². The zero-order chi connectivity index (χ0) is 16.1. The number of fused-ring (bicyclic) bond motifs is 1. The molecule has 0 aromatic carbocycles. The number of carbonyl (C=O) groups excluding carboxylic acids is 3. The predicted octanol–water partition coefficient (Wildman–Crippen LogP) is 2.58. The lowest BCUT2D eigenvalue weighted by atomic mass is 9.91. The van der Waals surface area contributed by atoms with Crippen molar-refractivity contribution in [2.45, 2.75) is 64.6 Å². The Morgan fingerprint density at radius 1 is 1.36 bits per heavy atom. The fraction of sp³-hybridized carbons (Fsp3) is 0.706. The van der Waals surface area contributed by atoms with Crippen molar-refractivity contribution in [2.75, 3.05) is 0 Å². The van der Waals surface area contributed by atoms with Gasteiger partial charge in [0.05, 0.1) is 6.42 Å². The normalized spacial score (nSPS) is 30.4. The molecule has 2 rings (SSSR count). The minimum Gasteiger partial charge on any atom is -0.462 e. The third kappa shape index (κ3) is 4.18. The minimum absolute atomic E-state index is 0.0107. The van der Waals surface area contributed by atoms with Crippen LogP contribution in [0, 0.1) is 11.8 Å². The molecule has 0 spiro atoms. The molecule has 0 radical (unpaired) electrons. The maximum Gasteiger partial charge on any atom is 0.306 e. The number of carbonyl (C=O) groups is 3. The molecule has 0 aromatic heterocycles. The van der Waals surface area contributed by atoms with Crippen molar-refractivity contribution in [1.29, 1.82) is 0 Å². The third-order valence-electron chi connectivity index (χ3n) is 4.40. The molecular formula is C17H24O5. The van der Waals surface area contributed by atoms with Crippen LogP contribution in [-0.4, -0.2) is 29.9 Å². The van der Waals surface area contributed by atoms with Gasteiger partial charge in [0.25, 0.3) is 0 Å². The fourth-order valence-corrected chi connectivity index (χ4v) is 3.35. The molecule has 22 heavy (non-hydrogen) atoms. The molecule has 1 aliphatic carbocycles. The quantitative estimate of drug-likeness (QED) is 0.411. The first-order valence-corrected chi connectivity index (χ1v) is 8.09. The van der Waals surface area contributed by atoms with Gasteiger partial charge >= 0.3 is 11.9 Å². The number of ether oxygens (including phenoxy) is 2. The first-order chi connectivity index (χ1) is 10.5. The summed E-state index contributed by atoms with van der Waals surface area (Å²) in [5.74, 6) is -0.566. The Bertz CT molecular complexity index is 468. The first kappa shape index (κ1) is 16.7. The van der Waals surface area contributed by atoms with E-state index in [9.17, 15) is 14.4 Å². The van der Waals surface area contributed by atoms with E-state index in [2.05, 4.69) is 6.92 Å². The Labute approximate surface area is 131 Å². The average molecular weight is 308 g/mol. The highest BCUT2D eigenvalue weighted by Gasteiger charge is 2.50. The summed E-state index contributed by atoms with van der Waals surface area (Å²) in [7, 11) is 0. The monoisotopic (exact) mass is 308 g/mol. The molecule has 1 saturated carbocycles. The van der Waals surface area contributed by atoms with Gasteiger partial charge in [0.15, 0.2) is 5.78 Å². The van der Waals surface area contributed by atoms with E-state index >= 15 is 0 Å². The van der Waals surface area contributed by atoms with Crippen molar-refractivity contribution < 1.29 is 23.9 Å². The summed E-state index contributed by atoms with van der Waals surface area (Å²) in [6.45, 7) is 3.47. The Kier molecular flexibility index (Phi) is 5.75. The van der Waals surface area contributed by atoms with Crippen LogP contribution in [0.3, 0.4) is 0 Å².